The van der Waals surface area contributed by atoms with E-state index in [0.717, 1.165) is 13.1 Å². The first-order chi connectivity index (χ1) is 7.45. The van der Waals surface area contributed by atoms with Gasteiger partial charge >= 0.3 is 5.97 Å². The first-order valence-electron chi connectivity index (χ1n) is 6.35. The van der Waals surface area contributed by atoms with Crippen molar-refractivity contribution in [3.8, 4) is 0 Å². The quantitative estimate of drug-likeness (QED) is 0.691. The van der Waals surface area contributed by atoms with Gasteiger partial charge in [0.25, 0.3) is 0 Å². The largest absolute Gasteiger partial charge is 0.466 e. The minimum absolute atomic E-state index is 0.0608. The lowest BCUT2D eigenvalue weighted by molar-refractivity contribution is -0.145. The molecule has 0 N–H and O–H groups in total. The Balaban J connectivity index is 2.60. The van der Waals surface area contributed by atoms with Crippen molar-refractivity contribution in [3.63, 3.8) is 0 Å². The molecule has 0 radical (unpaired) electrons. The molecule has 0 aromatic rings. The lowest BCUT2D eigenvalue weighted by Crippen LogP contribution is -2.44. The number of nitrogens with zero attached hydrogens (tertiary/aromatic N) is 1. The van der Waals surface area contributed by atoms with Crippen molar-refractivity contribution in [2.45, 2.75) is 53.0 Å². The molecule has 1 fully saturated rings. The Labute approximate surface area is 99.1 Å². The maximum Gasteiger partial charge on any atom is 0.307 e. The zero-order chi connectivity index (χ0) is 12.2. The van der Waals surface area contributed by atoms with Crippen LogP contribution in [0.4, 0.5) is 0 Å². The van der Waals surface area contributed by atoms with Crippen molar-refractivity contribution >= 4 is 5.97 Å². The average molecular weight is 227 g/mol. The molecule has 3 nitrogen and oxygen atoms in total. The molecule has 1 unspecified atom stereocenters. The predicted molar refractivity (Wildman–Crippen MR) is 65.3 cm³/mol. The maximum absolute atomic E-state index is 11.6. The van der Waals surface area contributed by atoms with Crippen molar-refractivity contribution in [2.75, 3.05) is 19.7 Å². The molecule has 0 amide bonds. The number of esters is 1. The van der Waals surface area contributed by atoms with E-state index in [1.54, 1.807) is 0 Å². The van der Waals surface area contributed by atoms with Gasteiger partial charge in [0.1, 0.15) is 0 Å². The van der Waals surface area contributed by atoms with Crippen LogP contribution in [0.25, 0.3) is 0 Å². The van der Waals surface area contributed by atoms with Crippen molar-refractivity contribution in [2.24, 2.45) is 5.41 Å². The summed E-state index contributed by atoms with van der Waals surface area (Å²) >= 11 is 0. The van der Waals surface area contributed by atoms with E-state index in [2.05, 4.69) is 25.7 Å². The van der Waals surface area contributed by atoms with Gasteiger partial charge in [-0.05, 0) is 38.3 Å². The van der Waals surface area contributed by atoms with Crippen LogP contribution in [-0.2, 0) is 9.53 Å². The van der Waals surface area contributed by atoms with E-state index >= 15 is 0 Å². The standard InChI is InChI=1S/C13H25NO2/c1-5-16-12(15)10-11(13(2,3)4)14-8-6-7-9-14/h11H,5-10H2,1-4H3. The second-order valence-corrected chi connectivity index (χ2v) is 5.63. The summed E-state index contributed by atoms with van der Waals surface area (Å²) in [7, 11) is 0. The van der Waals surface area contributed by atoms with E-state index in [1.807, 2.05) is 6.92 Å². The summed E-state index contributed by atoms with van der Waals surface area (Å²) in [6, 6.07) is 0.314. The van der Waals surface area contributed by atoms with E-state index in [0.29, 0.717) is 19.1 Å². The van der Waals surface area contributed by atoms with Crippen LogP contribution in [0, 0.1) is 5.41 Å². The molecule has 1 heterocycles. The highest BCUT2D eigenvalue weighted by molar-refractivity contribution is 5.70. The van der Waals surface area contributed by atoms with E-state index in [9.17, 15) is 4.79 Å². The molecular formula is C13H25NO2. The van der Waals surface area contributed by atoms with Crippen LogP contribution in [0.2, 0.25) is 0 Å². The normalized spacial score (nSPS) is 19.8. The lowest BCUT2D eigenvalue weighted by Gasteiger charge is -2.37. The van der Waals surface area contributed by atoms with Gasteiger partial charge in [-0.15, -0.1) is 0 Å². The van der Waals surface area contributed by atoms with Crippen molar-refractivity contribution < 1.29 is 9.53 Å². The van der Waals surface area contributed by atoms with Gasteiger partial charge in [-0.25, -0.2) is 0 Å². The topological polar surface area (TPSA) is 29.5 Å². The monoisotopic (exact) mass is 227 g/mol. The molecule has 0 aromatic heterocycles. The summed E-state index contributed by atoms with van der Waals surface area (Å²) in [6.07, 6.45) is 3.04. The fourth-order valence-electron chi connectivity index (χ4n) is 2.41. The Morgan fingerprint density at radius 2 is 1.88 bits per heavy atom. The SMILES string of the molecule is CCOC(=O)CC(N1CCCC1)C(C)(C)C. The third-order valence-corrected chi connectivity index (χ3v) is 3.25. The molecule has 0 aromatic carbocycles. The minimum Gasteiger partial charge on any atom is -0.466 e. The zero-order valence-corrected chi connectivity index (χ0v) is 11.1. The van der Waals surface area contributed by atoms with Crippen LogP contribution in [-0.4, -0.2) is 36.6 Å². The van der Waals surface area contributed by atoms with E-state index < -0.39 is 0 Å². The summed E-state index contributed by atoms with van der Waals surface area (Å²) in [5.74, 6) is -0.0608. The smallest absolute Gasteiger partial charge is 0.307 e. The fourth-order valence-corrected chi connectivity index (χ4v) is 2.41. The first kappa shape index (κ1) is 13.5. The second kappa shape index (κ2) is 5.67. The molecular weight excluding hydrogens is 202 g/mol. The van der Waals surface area contributed by atoms with Crippen LogP contribution in [0.1, 0.15) is 47.0 Å². The molecule has 1 aliphatic heterocycles. The van der Waals surface area contributed by atoms with Gasteiger partial charge in [0.05, 0.1) is 13.0 Å². The number of carbonyl (C=O) groups is 1. The van der Waals surface area contributed by atoms with Crippen molar-refractivity contribution in [1.82, 2.24) is 4.90 Å². The molecule has 16 heavy (non-hydrogen) atoms. The number of rotatable bonds is 4. The van der Waals surface area contributed by atoms with E-state index in [-0.39, 0.29) is 11.4 Å². The molecule has 0 bridgehead atoms. The predicted octanol–water partition coefficient (Wildman–Crippen LogP) is 2.45. The van der Waals surface area contributed by atoms with Gasteiger partial charge in [-0.3, -0.25) is 9.69 Å². The lowest BCUT2D eigenvalue weighted by atomic mass is 9.84. The molecule has 1 rings (SSSR count). The minimum atomic E-state index is -0.0608. The molecule has 1 atom stereocenters. The highest BCUT2D eigenvalue weighted by Gasteiger charge is 2.33. The summed E-state index contributed by atoms with van der Waals surface area (Å²) in [6.45, 7) is 11.2. The summed E-state index contributed by atoms with van der Waals surface area (Å²) in [4.78, 5) is 14.0. The van der Waals surface area contributed by atoms with Crippen molar-refractivity contribution in [1.29, 1.82) is 0 Å². The highest BCUT2D eigenvalue weighted by Crippen LogP contribution is 2.29. The van der Waals surface area contributed by atoms with Crippen LogP contribution < -0.4 is 0 Å². The summed E-state index contributed by atoms with van der Waals surface area (Å²) in [5, 5.41) is 0. The Kier molecular flexibility index (Phi) is 4.78. The highest BCUT2D eigenvalue weighted by atomic mass is 16.5. The van der Waals surface area contributed by atoms with Crippen molar-refractivity contribution in [3.05, 3.63) is 0 Å². The first-order valence-corrected chi connectivity index (χ1v) is 6.35. The number of hydrogen-bond donors (Lipinski definition) is 0. The zero-order valence-electron chi connectivity index (χ0n) is 11.1. The number of carbonyl (C=O) groups excluding carboxylic acids is 1. The van der Waals surface area contributed by atoms with Gasteiger partial charge in [0.2, 0.25) is 0 Å². The van der Waals surface area contributed by atoms with Gasteiger partial charge in [0.15, 0.2) is 0 Å². The van der Waals surface area contributed by atoms with Gasteiger partial charge in [-0.2, -0.15) is 0 Å². The molecule has 1 saturated heterocycles. The number of likely N-dealkylation sites (tertiary alicyclic amines) is 1. The molecule has 0 aliphatic carbocycles. The Bertz CT molecular complexity index is 227. The second-order valence-electron chi connectivity index (χ2n) is 5.63. The van der Waals surface area contributed by atoms with Crippen LogP contribution in [0.15, 0.2) is 0 Å². The Morgan fingerprint density at radius 1 is 1.31 bits per heavy atom. The summed E-state index contributed by atoms with van der Waals surface area (Å²) in [5.41, 5.74) is 0.136. The van der Waals surface area contributed by atoms with Crippen LogP contribution in [0.3, 0.4) is 0 Å². The Morgan fingerprint density at radius 3 is 2.31 bits per heavy atom. The van der Waals surface area contributed by atoms with Crippen LogP contribution in [0.5, 0.6) is 0 Å². The van der Waals surface area contributed by atoms with Gasteiger partial charge in [0, 0.05) is 6.04 Å². The van der Waals surface area contributed by atoms with E-state index in [4.69, 9.17) is 4.74 Å². The number of hydrogen-bond acceptors (Lipinski definition) is 3. The van der Waals surface area contributed by atoms with E-state index in [1.165, 1.54) is 12.8 Å². The number of ether oxygens (including phenoxy) is 1. The van der Waals surface area contributed by atoms with Gasteiger partial charge in [-0.1, -0.05) is 20.8 Å². The molecule has 3 heteroatoms. The summed E-state index contributed by atoms with van der Waals surface area (Å²) < 4.78 is 5.06. The maximum atomic E-state index is 11.6. The molecule has 0 saturated carbocycles. The molecule has 94 valence electrons. The third-order valence-electron chi connectivity index (χ3n) is 3.25. The van der Waals surface area contributed by atoms with Crippen LogP contribution >= 0.6 is 0 Å². The molecule has 0 spiro atoms. The molecule has 1 aliphatic rings. The average Bonchev–Trinajstić information content (AvgIpc) is 2.65. The van der Waals surface area contributed by atoms with Gasteiger partial charge < -0.3 is 4.74 Å². The third kappa shape index (κ3) is 3.78. The Hall–Kier alpha value is -0.570. The fraction of sp³-hybridized carbons (Fsp3) is 0.923.